The first-order valence-electron chi connectivity index (χ1n) is 7.68. The first-order valence-corrected chi connectivity index (χ1v) is 7.68. The molecule has 3 nitrogen and oxygen atoms in total. The molecule has 0 amide bonds. The molecular weight excluding hydrogens is 258 g/mol. The molecule has 21 heavy (non-hydrogen) atoms. The molecule has 0 aliphatic carbocycles. The van der Waals surface area contributed by atoms with Crippen molar-refractivity contribution >= 4 is 11.0 Å². The smallest absolute Gasteiger partial charge is 0.113 e. The van der Waals surface area contributed by atoms with Gasteiger partial charge in [-0.1, -0.05) is 23.8 Å². The molecule has 0 bridgehead atoms. The van der Waals surface area contributed by atoms with E-state index in [1.165, 1.54) is 11.1 Å². The van der Waals surface area contributed by atoms with E-state index < -0.39 is 0 Å². The number of hydrogen-bond donors (Lipinski definition) is 1. The van der Waals surface area contributed by atoms with Gasteiger partial charge in [-0.05, 0) is 52.8 Å². The monoisotopic (exact) mass is 285 g/mol. The number of fused-ring (bicyclic) bond motifs is 1. The third kappa shape index (κ3) is 4.43. The zero-order valence-corrected chi connectivity index (χ0v) is 13.9. The van der Waals surface area contributed by atoms with Gasteiger partial charge < -0.3 is 9.88 Å². The molecule has 3 heteroatoms. The van der Waals surface area contributed by atoms with Crippen molar-refractivity contribution < 1.29 is 0 Å². The summed E-state index contributed by atoms with van der Waals surface area (Å²) in [5.41, 5.74) is 3.86. The normalized spacial score (nSPS) is 13.1. The fourth-order valence-electron chi connectivity index (χ4n) is 2.44. The zero-order valence-electron chi connectivity index (χ0n) is 13.9. The Morgan fingerprint density at radius 3 is 2.67 bits per heavy atom. The van der Waals surface area contributed by atoms with E-state index in [0.717, 1.165) is 30.7 Å². The summed E-state index contributed by atoms with van der Waals surface area (Å²) < 4.78 is 2.19. The summed E-state index contributed by atoms with van der Waals surface area (Å²) in [5.74, 6) is 1.13. The van der Waals surface area contributed by atoms with Gasteiger partial charge in [0.25, 0.3) is 0 Å². The molecule has 1 aromatic heterocycles. The van der Waals surface area contributed by atoms with Gasteiger partial charge in [-0.15, -0.1) is 0 Å². The van der Waals surface area contributed by atoms with Crippen LogP contribution in [-0.4, -0.2) is 21.6 Å². The third-order valence-electron chi connectivity index (χ3n) is 3.61. The fourth-order valence-corrected chi connectivity index (χ4v) is 2.44. The Labute approximate surface area is 128 Å². The highest BCUT2D eigenvalue weighted by molar-refractivity contribution is 5.75. The second kappa shape index (κ2) is 6.44. The van der Waals surface area contributed by atoms with Crippen molar-refractivity contribution in [2.75, 3.05) is 6.54 Å². The lowest BCUT2D eigenvalue weighted by Gasteiger charge is -2.19. The van der Waals surface area contributed by atoms with Gasteiger partial charge in [-0.25, -0.2) is 4.98 Å². The summed E-state index contributed by atoms with van der Waals surface area (Å²) in [6.45, 7) is 9.80. The Morgan fingerprint density at radius 1 is 1.29 bits per heavy atom. The topological polar surface area (TPSA) is 29.9 Å². The van der Waals surface area contributed by atoms with Crippen molar-refractivity contribution in [1.82, 2.24) is 14.9 Å². The van der Waals surface area contributed by atoms with Crippen molar-refractivity contribution in [3.63, 3.8) is 0 Å². The van der Waals surface area contributed by atoms with Gasteiger partial charge in [0.1, 0.15) is 5.82 Å². The second-order valence-electron chi connectivity index (χ2n) is 6.77. The van der Waals surface area contributed by atoms with Gasteiger partial charge in [0.15, 0.2) is 0 Å². The van der Waals surface area contributed by atoms with Crippen LogP contribution in [0.4, 0.5) is 0 Å². The maximum absolute atomic E-state index is 4.73. The highest BCUT2D eigenvalue weighted by atomic mass is 15.1. The van der Waals surface area contributed by atoms with Gasteiger partial charge in [0.2, 0.25) is 0 Å². The average molecular weight is 285 g/mol. The Morgan fingerprint density at radius 2 is 2.00 bits per heavy atom. The van der Waals surface area contributed by atoms with E-state index in [9.17, 15) is 0 Å². The van der Waals surface area contributed by atoms with E-state index in [1.54, 1.807) is 0 Å². The predicted octanol–water partition coefficient (Wildman–Crippen LogP) is 3.84. The number of rotatable bonds is 5. The third-order valence-corrected chi connectivity index (χ3v) is 3.61. The molecule has 0 saturated carbocycles. The van der Waals surface area contributed by atoms with Gasteiger partial charge >= 0.3 is 0 Å². The van der Waals surface area contributed by atoms with Crippen LogP contribution in [0.5, 0.6) is 0 Å². The summed E-state index contributed by atoms with van der Waals surface area (Å²) in [6, 6.07) is 8.30. The molecule has 0 saturated heterocycles. The molecule has 2 aromatic rings. The van der Waals surface area contributed by atoms with Crippen LogP contribution in [0.1, 0.15) is 39.9 Å². The van der Waals surface area contributed by atoms with Gasteiger partial charge in [-0.2, -0.15) is 0 Å². The number of para-hydroxylation sites is 2. The molecule has 0 fully saturated rings. The van der Waals surface area contributed by atoms with Crippen LogP contribution in [0, 0.1) is 0 Å². The van der Waals surface area contributed by atoms with Crippen molar-refractivity contribution in [2.24, 2.45) is 7.05 Å². The zero-order chi connectivity index (χ0) is 15.5. The average Bonchev–Trinajstić information content (AvgIpc) is 2.71. The second-order valence-corrected chi connectivity index (χ2v) is 6.77. The lowest BCUT2D eigenvalue weighted by atomic mass is 10.1. The van der Waals surface area contributed by atoms with Crippen LogP contribution in [0.25, 0.3) is 11.0 Å². The number of allylic oxidation sites excluding steroid dienone is 1. The predicted molar refractivity (Wildman–Crippen MR) is 90.5 cm³/mol. The molecule has 0 aliphatic rings. The maximum atomic E-state index is 4.73. The number of nitrogens with one attached hydrogen (secondary N) is 1. The van der Waals surface area contributed by atoms with E-state index in [0.29, 0.717) is 0 Å². The molecule has 1 N–H and O–H groups in total. The minimum absolute atomic E-state index is 0.194. The minimum atomic E-state index is 0.194. The van der Waals surface area contributed by atoms with Crippen LogP contribution in [0.15, 0.2) is 35.9 Å². The van der Waals surface area contributed by atoms with Crippen LogP contribution in [-0.2, 0) is 13.5 Å². The number of aromatic nitrogens is 2. The Balaban J connectivity index is 1.98. The van der Waals surface area contributed by atoms with Crippen LogP contribution in [0.3, 0.4) is 0 Å². The molecule has 2 rings (SSSR count). The van der Waals surface area contributed by atoms with Crippen molar-refractivity contribution in [1.29, 1.82) is 0 Å². The van der Waals surface area contributed by atoms with E-state index >= 15 is 0 Å². The van der Waals surface area contributed by atoms with Gasteiger partial charge in [0.05, 0.1) is 11.0 Å². The molecule has 1 aromatic carbocycles. The highest BCUT2D eigenvalue weighted by Gasteiger charge is 2.08. The maximum Gasteiger partial charge on any atom is 0.113 e. The number of benzene rings is 1. The molecule has 0 aliphatic heterocycles. The number of nitrogens with zero attached hydrogens (tertiary/aromatic N) is 2. The van der Waals surface area contributed by atoms with Gasteiger partial charge in [-0.3, -0.25) is 0 Å². The lowest BCUT2D eigenvalue weighted by Crippen LogP contribution is -2.36. The minimum Gasteiger partial charge on any atom is -0.331 e. The highest BCUT2D eigenvalue weighted by Crippen LogP contribution is 2.16. The van der Waals surface area contributed by atoms with Crippen LogP contribution >= 0.6 is 0 Å². The first kappa shape index (κ1) is 15.8. The van der Waals surface area contributed by atoms with E-state index in [1.807, 2.05) is 6.07 Å². The van der Waals surface area contributed by atoms with Crippen molar-refractivity contribution in [3.05, 3.63) is 41.7 Å². The van der Waals surface area contributed by atoms with E-state index in [2.05, 4.69) is 68.9 Å². The first-order chi connectivity index (χ1) is 9.87. The molecule has 0 atom stereocenters. The lowest BCUT2D eigenvalue weighted by molar-refractivity contribution is 0.431. The molecule has 0 spiro atoms. The van der Waals surface area contributed by atoms with E-state index in [4.69, 9.17) is 4.98 Å². The van der Waals surface area contributed by atoms with E-state index in [-0.39, 0.29) is 5.54 Å². The van der Waals surface area contributed by atoms with Crippen LogP contribution in [0.2, 0.25) is 0 Å². The summed E-state index contributed by atoms with van der Waals surface area (Å²) in [7, 11) is 2.10. The van der Waals surface area contributed by atoms with Crippen molar-refractivity contribution in [3.8, 4) is 0 Å². The molecule has 1 heterocycles. The molecular formula is C18H27N3. The van der Waals surface area contributed by atoms with Crippen molar-refractivity contribution in [2.45, 2.75) is 46.1 Å². The summed E-state index contributed by atoms with van der Waals surface area (Å²) in [6.07, 6.45) is 4.30. The Kier molecular flexibility index (Phi) is 4.84. The summed E-state index contributed by atoms with van der Waals surface area (Å²) >= 11 is 0. The van der Waals surface area contributed by atoms with Crippen LogP contribution < -0.4 is 5.32 Å². The quantitative estimate of drug-likeness (QED) is 0.668. The number of imidazole rings is 1. The number of aryl methyl sites for hydroxylation is 1. The standard InChI is InChI=1S/C18H27N3/c1-14(9-8-12-19-18(2,3)4)13-17-20-15-10-6-7-11-16(15)21(17)5/h6-7,9-11,19H,8,12-13H2,1-5H3. The Bertz CT molecular complexity index is 629. The summed E-state index contributed by atoms with van der Waals surface area (Å²) in [4.78, 5) is 4.73. The molecule has 0 radical (unpaired) electrons. The SMILES string of the molecule is CC(=CCCNC(C)(C)C)Cc1nc2ccccc2n1C. The molecule has 0 unspecified atom stereocenters. The molecule has 114 valence electrons. The Hall–Kier alpha value is -1.61. The fraction of sp³-hybridized carbons (Fsp3) is 0.500. The summed E-state index contributed by atoms with van der Waals surface area (Å²) in [5, 5.41) is 3.51. The number of hydrogen-bond acceptors (Lipinski definition) is 2. The van der Waals surface area contributed by atoms with Gasteiger partial charge in [0, 0.05) is 19.0 Å². The largest absolute Gasteiger partial charge is 0.331 e.